The molecule has 3 rings (SSSR count). The van der Waals surface area contributed by atoms with Gasteiger partial charge in [0.25, 0.3) is 5.91 Å². The van der Waals surface area contributed by atoms with Crippen molar-refractivity contribution in [3.8, 4) is 0 Å². The van der Waals surface area contributed by atoms with E-state index < -0.39 is 0 Å². The molecule has 92 valence electrons. The molecule has 2 heterocycles. The monoisotopic (exact) mass is 354 g/mol. The maximum atomic E-state index is 12.4. The maximum absolute atomic E-state index is 12.4. The summed E-state index contributed by atoms with van der Waals surface area (Å²) in [6.45, 7) is 2.00. The van der Waals surface area contributed by atoms with Crippen molar-refractivity contribution in [3.05, 3.63) is 45.6 Å². The van der Waals surface area contributed by atoms with Gasteiger partial charge in [0.1, 0.15) is 6.33 Å². The number of aromatic nitrogens is 3. The van der Waals surface area contributed by atoms with E-state index in [1.54, 1.807) is 6.33 Å². The first-order valence-corrected chi connectivity index (χ1v) is 6.74. The summed E-state index contributed by atoms with van der Waals surface area (Å²) in [5, 5.41) is 7.88. The number of carbonyl (C=O) groups excluding carboxylic acids is 1. The van der Waals surface area contributed by atoms with Gasteiger partial charge in [-0.3, -0.25) is 4.79 Å². The summed E-state index contributed by atoms with van der Waals surface area (Å²) >= 11 is 2.19. The lowest BCUT2D eigenvalue weighted by molar-refractivity contribution is 0.0706. The van der Waals surface area contributed by atoms with Crippen LogP contribution in [0.3, 0.4) is 0 Å². The molecule has 0 bridgehead atoms. The van der Waals surface area contributed by atoms with Gasteiger partial charge in [0.2, 0.25) is 0 Å². The number of rotatable bonds is 1. The van der Waals surface area contributed by atoms with Gasteiger partial charge in [-0.15, -0.1) is 10.2 Å². The van der Waals surface area contributed by atoms with Crippen LogP contribution in [0.4, 0.5) is 0 Å². The Labute approximate surface area is 118 Å². The van der Waals surface area contributed by atoms with Crippen molar-refractivity contribution in [2.45, 2.75) is 13.1 Å². The van der Waals surface area contributed by atoms with Crippen molar-refractivity contribution in [2.75, 3.05) is 6.54 Å². The van der Waals surface area contributed by atoms with Crippen molar-refractivity contribution >= 4 is 28.5 Å². The fraction of sp³-hybridized carbons (Fsp3) is 0.250. The minimum atomic E-state index is 0.0641. The van der Waals surface area contributed by atoms with E-state index in [2.05, 4.69) is 32.8 Å². The average molecular weight is 354 g/mol. The molecular weight excluding hydrogens is 343 g/mol. The molecule has 0 radical (unpaired) electrons. The number of hydrogen-bond donors (Lipinski definition) is 0. The zero-order valence-electron chi connectivity index (χ0n) is 9.58. The number of amides is 1. The third-order valence-electron chi connectivity index (χ3n) is 3.03. The van der Waals surface area contributed by atoms with Crippen molar-refractivity contribution in [3.63, 3.8) is 0 Å². The van der Waals surface area contributed by atoms with Gasteiger partial charge >= 0.3 is 0 Å². The lowest BCUT2D eigenvalue weighted by Gasteiger charge is -2.27. The van der Waals surface area contributed by atoms with Crippen LogP contribution in [0.5, 0.6) is 0 Å². The van der Waals surface area contributed by atoms with Crippen LogP contribution in [0, 0.1) is 3.57 Å². The van der Waals surface area contributed by atoms with Crippen LogP contribution < -0.4 is 0 Å². The predicted octanol–water partition coefficient (Wildman–Crippen LogP) is 1.54. The molecule has 5 nitrogen and oxygen atoms in total. The molecule has 1 aromatic carbocycles. The van der Waals surface area contributed by atoms with Gasteiger partial charge in [0.15, 0.2) is 5.82 Å². The Bertz CT molecular complexity index is 595. The van der Waals surface area contributed by atoms with Crippen molar-refractivity contribution in [1.29, 1.82) is 0 Å². The van der Waals surface area contributed by atoms with Gasteiger partial charge in [-0.05, 0) is 34.7 Å². The van der Waals surface area contributed by atoms with E-state index in [9.17, 15) is 4.79 Å². The molecule has 0 spiro atoms. The SMILES string of the molecule is O=C(c1ccccc1I)N1CCn2cnnc2C1. The lowest BCUT2D eigenvalue weighted by atomic mass is 10.2. The third-order valence-corrected chi connectivity index (χ3v) is 3.97. The normalized spacial score (nSPS) is 14.4. The molecule has 0 atom stereocenters. The van der Waals surface area contributed by atoms with Crippen molar-refractivity contribution in [2.24, 2.45) is 0 Å². The molecule has 1 aliphatic heterocycles. The van der Waals surface area contributed by atoms with Gasteiger partial charge in [-0.2, -0.15) is 0 Å². The molecular formula is C12H11IN4O. The maximum Gasteiger partial charge on any atom is 0.255 e. The van der Waals surface area contributed by atoms with E-state index in [1.165, 1.54) is 0 Å². The first-order valence-electron chi connectivity index (χ1n) is 5.66. The molecule has 0 fully saturated rings. The summed E-state index contributed by atoms with van der Waals surface area (Å²) in [4.78, 5) is 14.2. The minimum absolute atomic E-state index is 0.0641. The summed E-state index contributed by atoms with van der Waals surface area (Å²) in [6, 6.07) is 7.64. The van der Waals surface area contributed by atoms with Crippen LogP contribution in [0.25, 0.3) is 0 Å². The van der Waals surface area contributed by atoms with Crippen LogP contribution in [0.1, 0.15) is 16.2 Å². The molecule has 0 aliphatic carbocycles. The third kappa shape index (κ3) is 2.00. The van der Waals surface area contributed by atoms with Crippen LogP contribution >= 0.6 is 22.6 Å². The summed E-state index contributed by atoms with van der Waals surface area (Å²) in [6.07, 6.45) is 1.71. The minimum Gasteiger partial charge on any atom is -0.329 e. The second-order valence-corrected chi connectivity index (χ2v) is 5.31. The van der Waals surface area contributed by atoms with Crippen LogP contribution in [-0.4, -0.2) is 32.1 Å². The van der Waals surface area contributed by atoms with Crippen molar-refractivity contribution < 1.29 is 4.79 Å². The molecule has 1 aliphatic rings. The topological polar surface area (TPSA) is 51.0 Å². The molecule has 0 N–H and O–H groups in total. The van der Waals surface area contributed by atoms with Crippen LogP contribution in [-0.2, 0) is 13.1 Å². The standard InChI is InChI=1S/C12H11IN4O/c13-10-4-2-1-3-9(10)12(18)16-5-6-17-8-14-15-11(17)7-16/h1-4,8H,5-7H2. The van der Waals surface area contributed by atoms with E-state index >= 15 is 0 Å². The summed E-state index contributed by atoms with van der Waals surface area (Å²) in [5.41, 5.74) is 0.756. The first kappa shape index (κ1) is 11.6. The van der Waals surface area contributed by atoms with E-state index in [-0.39, 0.29) is 5.91 Å². The highest BCUT2D eigenvalue weighted by atomic mass is 127. The number of carbonyl (C=O) groups is 1. The van der Waals surface area contributed by atoms with Crippen LogP contribution in [0.15, 0.2) is 30.6 Å². The first-order chi connectivity index (χ1) is 8.75. The molecule has 0 unspecified atom stereocenters. The second kappa shape index (κ2) is 4.68. The zero-order chi connectivity index (χ0) is 12.5. The highest BCUT2D eigenvalue weighted by Crippen LogP contribution is 2.17. The molecule has 2 aromatic rings. The number of nitrogens with zero attached hydrogens (tertiary/aromatic N) is 4. The lowest BCUT2D eigenvalue weighted by Crippen LogP contribution is -2.38. The molecule has 1 aromatic heterocycles. The van der Waals surface area contributed by atoms with Crippen molar-refractivity contribution in [1.82, 2.24) is 19.7 Å². The quantitative estimate of drug-likeness (QED) is 0.730. The Hall–Kier alpha value is -1.44. The van der Waals surface area contributed by atoms with E-state index in [4.69, 9.17) is 0 Å². The smallest absolute Gasteiger partial charge is 0.255 e. The van der Waals surface area contributed by atoms with Gasteiger partial charge in [0.05, 0.1) is 12.1 Å². The van der Waals surface area contributed by atoms with E-state index in [1.807, 2.05) is 33.7 Å². The highest BCUT2D eigenvalue weighted by molar-refractivity contribution is 14.1. The Morgan fingerprint density at radius 1 is 1.28 bits per heavy atom. The average Bonchev–Trinajstić information content (AvgIpc) is 2.85. The Morgan fingerprint density at radius 3 is 2.94 bits per heavy atom. The van der Waals surface area contributed by atoms with E-state index in [0.29, 0.717) is 13.1 Å². The van der Waals surface area contributed by atoms with Gasteiger partial charge in [0, 0.05) is 16.7 Å². The van der Waals surface area contributed by atoms with Gasteiger partial charge in [-0.1, -0.05) is 12.1 Å². The Kier molecular flexibility index (Phi) is 3.02. The van der Waals surface area contributed by atoms with Gasteiger partial charge in [-0.25, -0.2) is 0 Å². The molecule has 1 amide bonds. The second-order valence-electron chi connectivity index (χ2n) is 4.15. The predicted molar refractivity (Wildman–Crippen MR) is 73.9 cm³/mol. The Balaban J connectivity index is 1.85. The number of fused-ring (bicyclic) bond motifs is 1. The fourth-order valence-electron chi connectivity index (χ4n) is 2.04. The van der Waals surface area contributed by atoms with Gasteiger partial charge < -0.3 is 9.47 Å². The number of halogens is 1. The molecule has 6 heteroatoms. The largest absolute Gasteiger partial charge is 0.329 e. The molecule has 0 saturated heterocycles. The van der Waals surface area contributed by atoms with E-state index in [0.717, 1.165) is 21.5 Å². The molecule has 0 saturated carbocycles. The highest BCUT2D eigenvalue weighted by Gasteiger charge is 2.23. The number of hydrogen-bond acceptors (Lipinski definition) is 3. The Morgan fingerprint density at radius 2 is 2.11 bits per heavy atom. The summed E-state index contributed by atoms with van der Waals surface area (Å²) in [5.74, 6) is 0.912. The number of benzene rings is 1. The fourth-order valence-corrected chi connectivity index (χ4v) is 2.66. The molecule has 18 heavy (non-hydrogen) atoms. The summed E-state index contributed by atoms with van der Waals surface area (Å²) in [7, 11) is 0. The zero-order valence-corrected chi connectivity index (χ0v) is 11.7. The van der Waals surface area contributed by atoms with Crippen LogP contribution in [0.2, 0.25) is 0 Å². The summed E-state index contributed by atoms with van der Waals surface area (Å²) < 4.78 is 2.96.